The Morgan fingerprint density at radius 2 is 1.97 bits per heavy atom. The van der Waals surface area contributed by atoms with Crippen molar-refractivity contribution in [2.75, 3.05) is 27.4 Å². The molecule has 0 bridgehead atoms. The van der Waals surface area contributed by atoms with Gasteiger partial charge in [-0.25, -0.2) is 4.79 Å². The lowest BCUT2D eigenvalue weighted by molar-refractivity contribution is -0.137. The van der Waals surface area contributed by atoms with Gasteiger partial charge in [0, 0.05) is 19.2 Å². The number of carbonyl (C=O) groups excluding carboxylic acids is 3. The summed E-state index contributed by atoms with van der Waals surface area (Å²) < 4.78 is 9.98. The van der Waals surface area contributed by atoms with Gasteiger partial charge in [-0.1, -0.05) is 18.2 Å². The number of amides is 3. The molecule has 1 aliphatic heterocycles. The molecule has 4 atom stereocenters. The van der Waals surface area contributed by atoms with E-state index in [0.717, 1.165) is 18.2 Å². The molecule has 3 N–H and O–H groups in total. The molecule has 10 heteroatoms. The van der Waals surface area contributed by atoms with E-state index >= 15 is 0 Å². The van der Waals surface area contributed by atoms with Gasteiger partial charge in [-0.3, -0.25) is 14.6 Å². The van der Waals surface area contributed by atoms with Crippen molar-refractivity contribution >= 4 is 29.6 Å². The highest BCUT2D eigenvalue weighted by molar-refractivity contribution is 6.16. The molecule has 4 rings (SSSR count). The van der Waals surface area contributed by atoms with Crippen LogP contribution in [0.2, 0.25) is 0 Å². The van der Waals surface area contributed by atoms with Crippen LogP contribution in [0.3, 0.4) is 0 Å². The predicted molar refractivity (Wildman–Crippen MR) is 141 cm³/mol. The number of aliphatic hydroxyl groups excluding tert-OH is 2. The van der Waals surface area contributed by atoms with Gasteiger partial charge in [0.25, 0.3) is 0 Å². The van der Waals surface area contributed by atoms with Crippen molar-refractivity contribution in [3.05, 3.63) is 71.1 Å². The molecule has 0 unspecified atom stereocenters. The zero-order valence-electron chi connectivity index (χ0n) is 21.8. The minimum Gasteiger partial charge on any atom is -0.508 e. The van der Waals surface area contributed by atoms with E-state index in [-0.39, 0.29) is 25.2 Å². The molecule has 1 aliphatic carbocycles. The van der Waals surface area contributed by atoms with Gasteiger partial charge in [-0.15, -0.1) is 0 Å². The summed E-state index contributed by atoms with van der Waals surface area (Å²) in [5.74, 6) is -4.02. The summed E-state index contributed by atoms with van der Waals surface area (Å²) in [7, 11) is 2.57. The van der Waals surface area contributed by atoms with Crippen molar-refractivity contribution in [3.8, 4) is 5.75 Å². The van der Waals surface area contributed by atoms with E-state index in [1.165, 1.54) is 7.11 Å². The van der Waals surface area contributed by atoms with Crippen molar-refractivity contribution in [2.45, 2.75) is 25.4 Å². The van der Waals surface area contributed by atoms with Crippen LogP contribution in [0.25, 0.3) is 11.6 Å². The van der Waals surface area contributed by atoms with Crippen LogP contribution in [-0.2, 0) is 19.1 Å². The van der Waals surface area contributed by atoms with Gasteiger partial charge in [-0.2, -0.15) is 4.90 Å². The van der Waals surface area contributed by atoms with Crippen LogP contribution in [0.5, 0.6) is 5.75 Å². The molecule has 0 radical (unpaired) electrons. The van der Waals surface area contributed by atoms with Gasteiger partial charge < -0.3 is 24.8 Å². The number of hydrogen-bond acceptors (Lipinski definition) is 9. The number of likely N-dealkylation sites (tertiary alicyclic amines) is 1. The lowest BCUT2D eigenvalue weighted by Crippen LogP contribution is -2.40. The first-order valence-electron chi connectivity index (χ1n) is 12.7. The number of phenolic OH excluding ortho intramolecular Hbond substituents is 1. The van der Waals surface area contributed by atoms with E-state index in [9.17, 15) is 29.7 Å². The molecular weight excluding hydrogens is 504 g/mol. The molecule has 2 aromatic rings. The highest BCUT2D eigenvalue weighted by Crippen LogP contribution is 2.46. The van der Waals surface area contributed by atoms with Gasteiger partial charge in [0.15, 0.2) is 0 Å². The number of ether oxygens (including phenoxy) is 2. The molecular formula is C29H32N2O8. The Morgan fingerprint density at radius 1 is 1.18 bits per heavy atom. The molecule has 2 heterocycles. The van der Waals surface area contributed by atoms with Crippen molar-refractivity contribution in [1.29, 1.82) is 0 Å². The van der Waals surface area contributed by atoms with Crippen molar-refractivity contribution in [1.82, 2.24) is 9.88 Å². The van der Waals surface area contributed by atoms with E-state index in [2.05, 4.69) is 9.72 Å². The molecule has 2 aliphatic rings. The second-order valence-corrected chi connectivity index (χ2v) is 9.63. The van der Waals surface area contributed by atoms with Crippen LogP contribution in [0.1, 0.15) is 30.5 Å². The Morgan fingerprint density at radius 3 is 2.62 bits per heavy atom. The first kappa shape index (κ1) is 28.2. The van der Waals surface area contributed by atoms with Crippen LogP contribution < -0.4 is 0 Å². The van der Waals surface area contributed by atoms with Crippen molar-refractivity contribution in [3.63, 3.8) is 0 Å². The normalized spacial score (nSPS) is 22.2. The Kier molecular flexibility index (Phi) is 8.90. The van der Waals surface area contributed by atoms with Gasteiger partial charge in [-0.05, 0) is 71.9 Å². The number of pyridine rings is 1. The fraction of sp³-hybridized carbons (Fsp3) is 0.379. The van der Waals surface area contributed by atoms with Crippen LogP contribution >= 0.6 is 0 Å². The van der Waals surface area contributed by atoms with E-state index in [1.807, 2.05) is 24.3 Å². The summed E-state index contributed by atoms with van der Waals surface area (Å²) in [4.78, 5) is 43.2. The highest BCUT2D eigenvalue weighted by atomic mass is 16.5. The number of imide groups is 3. The number of allylic oxidation sites excluding steroid dienone is 1. The third-order valence-corrected chi connectivity index (χ3v) is 7.31. The van der Waals surface area contributed by atoms with E-state index in [4.69, 9.17) is 4.74 Å². The van der Waals surface area contributed by atoms with Crippen molar-refractivity contribution < 1.29 is 39.2 Å². The fourth-order valence-corrected chi connectivity index (χ4v) is 5.63. The maximum absolute atomic E-state index is 13.2. The number of phenols is 1. The molecule has 1 saturated heterocycles. The number of aromatic nitrogens is 1. The van der Waals surface area contributed by atoms with Crippen LogP contribution in [0.15, 0.2) is 59.8 Å². The van der Waals surface area contributed by atoms with Gasteiger partial charge >= 0.3 is 6.09 Å². The Bertz CT molecular complexity index is 1290. The lowest BCUT2D eigenvalue weighted by atomic mass is 9.68. The number of methoxy groups -OCH3 is 2. The second-order valence-electron chi connectivity index (χ2n) is 9.63. The maximum atomic E-state index is 13.2. The third-order valence-electron chi connectivity index (χ3n) is 7.31. The third kappa shape index (κ3) is 5.78. The topological polar surface area (TPSA) is 146 Å². The maximum Gasteiger partial charge on any atom is 0.423 e. The summed E-state index contributed by atoms with van der Waals surface area (Å²) >= 11 is 0. The average molecular weight is 537 g/mol. The smallest absolute Gasteiger partial charge is 0.423 e. The number of nitrogens with zero attached hydrogens (tertiary/aromatic N) is 2. The number of carbonyl (C=O) groups is 3. The number of fused-ring (bicyclic) bond motifs is 1. The van der Waals surface area contributed by atoms with Gasteiger partial charge in [0.2, 0.25) is 11.8 Å². The SMILES string of the molecule is COCC1=C([C@H](O)CC/C(=C/c2cccc(O)c2)c2ccccn2)[C@H](CO)[C@@H]2C(=O)N(C(=O)OC)C(=O)[C@@H]2C1. The average Bonchev–Trinajstić information content (AvgIpc) is 3.19. The fourth-order valence-electron chi connectivity index (χ4n) is 5.63. The number of rotatable bonds is 9. The molecule has 10 nitrogen and oxygen atoms in total. The molecule has 0 spiro atoms. The van der Waals surface area contributed by atoms with Gasteiger partial charge in [0.05, 0.1) is 44.0 Å². The monoisotopic (exact) mass is 536 g/mol. The number of aromatic hydroxyl groups is 1. The van der Waals surface area contributed by atoms with Gasteiger partial charge in [0.1, 0.15) is 5.75 Å². The predicted octanol–water partition coefficient (Wildman–Crippen LogP) is 2.79. The van der Waals surface area contributed by atoms with E-state index in [0.29, 0.717) is 28.2 Å². The second kappa shape index (κ2) is 12.3. The minimum absolute atomic E-state index is 0.0953. The highest BCUT2D eigenvalue weighted by Gasteiger charge is 2.57. The first-order chi connectivity index (χ1) is 18.8. The summed E-state index contributed by atoms with van der Waals surface area (Å²) in [5.41, 5.74) is 3.34. The number of aliphatic hydroxyl groups is 2. The summed E-state index contributed by atoms with van der Waals surface area (Å²) in [5, 5.41) is 31.7. The Hall–Kier alpha value is -3.86. The van der Waals surface area contributed by atoms with Crippen molar-refractivity contribution in [2.24, 2.45) is 17.8 Å². The number of benzene rings is 1. The van der Waals surface area contributed by atoms with Crippen LogP contribution in [0.4, 0.5) is 4.79 Å². The molecule has 1 fully saturated rings. The summed E-state index contributed by atoms with van der Waals surface area (Å²) in [6.07, 6.45) is 2.13. The van der Waals surface area contributed by atoms with Crippen LogP contribution in [0, 0.1) is 17.8 Å². The first-order valence-corrected chi connectivity index (χ1v) is 12.7. The number of hydrogen-bond donors (Lipinski definition) is 3. The molecule has 3 amide bonds. The standard InChI is InChI=1S/C29H32N2O8/c1-38-16-19-14-21-26(28(36)31(27(21)35)29(37)39-2)22(15-32)25(19)24(34)10-9-18(23-8-3-4-11-30-23)12-17-6-5-7-20(33)13-17/h3-8,11-13,21-22,24,26,32-34H,9-10,14-16H2,1-2H3/b18-12-/t21-,22+,24-,26-/m1/s1. The zero-order chi connectivity index (χ0) is 28.1. The Balaban J connectivity index is 1.65. The quantitative estimate of drug-likeness (QED) is 0.325. The molecule has 206 valence electrons. The lowest BCUT2D eigenvalue weighted by Gasteiger charge is -2.36. The molecule has 1 aromatic heterocycles. The Labute approximate surface area is 226 Å². The van der Waals surface area contributed by atoms with E-state index < -0.39 is 48.4 Å². The van der Waals surface area contributed by atoms with Crippen LogP contribution in [-0.4, -0.2) is 76.6 Å². The molecule has 1 aromatic carbocycles. The molecule has 39 heavy (non-hydrogen) atoms. The zero-order valence-corrected chi connectivity index (χ0v) is 21.8. The summed E-state index contributed by atoms with van der Waals surface area (Å²) in [6.45, 7) is -0.404. The summed E-state index contributed by atoms with van der Waals surface area (Å²) in [6, 6.07) is 12.3. The largest absolute Gasteiger partial charge is 0.508 e. The van der Waals surface area contributed by atoms with E-state index in [1.54, 1.807) is 30.5 Å². The minimum atomic E-state index is -1.07. The molecule has 0 saturated carbocycles.